The number of aryl methyl sites for hydroxylation is 1. The van der Waals surface area contributed by atoms with Crippen LogP contribution in [0.4, 0.5) is 10.5 Å². The number of carbonyl (C=O) groups excluding carboxylic acids is 1. The number of nitrogens with one attached hydrogen (secondary N) is 2. The number of thioether (sulfide) groups is 1. The van der Waals surface area contributed by atoms with Crippen LogP contribution in [0.5, 0.6) is 0 Å². The number of nitrogens with zero attached hydrogens (tertiary/aromatic N) is 1. The van der Waals surface area contributed by atoms with E-state index < -0.39 is 0 Å². The van der Waals surface area contributed by atoms with E-state index in [1.807, 2.05) is 6.92 Å². The normalized spacial score (nSPS) is 20.6. The van der Waals surface area contributed by atoms with Crippen molar-refractivity contribution in [3.8, 4) is 0 Å². The average Bonchev–Trinajstić information content (AvgIpc) is 2.49. The summed E-state index contributed by atoms with van der Waals surface area (Å²) in [4.78, 5) is 11.2. The number of rotatable bonds is 1. The van der Waals surface area contributed by atoms with Gasteiger partial charge in [-0.25, -0.2) is 5.43 Å². The Morgan fingerprint density at radius 1 is 1.45 bits per heavy atom. The van der Waals surface area contributed by atoms with Crippen molar-refractivity contribution in [2.75, 3.05) is 11.9 Å². The first kappa shape index (κ1) is 16.1. The van der Waals surface area contributed by atoms with Crippen molar-refractivity contribution in [1.29, 1.82) is 0 Å². The molecule has 0 aliphatic carbocycles. The smallest absolute Gasteiger partial charge is 0.385 e. The van der Waals surface area contributed by atoms with Gasteiger partial charge in [-0.3, -0.25) is 4.79 Å². The fourth-order valence-corrected chi connectivity index (χ4v) is 3.09. The van der Waals surface area contributed by atoms with E-state index in [-0.39, 0.29) is 10.5 Å². The van der Waals surface area contributed by atoms with Crippen LogP contribution >= 0.6 is 24.6 Å². The SMILES string of the molecule is CC1SC(=O)NN=C1c1ccc2c(c1)CCCN2.[Mg+2][Br]. The van der Waals surface area contributed by atoms with E-state index in [0.717, 1.165) is 24.2 Å². The Balaban J connectivity index is 0.000000704. The van der Waals surface area contributed by atoms with Crippen LogP contribution in [0.25, 0.3) is 0 Å². The fourth-order valence-electron chi connectivity index (χ4n) is 2.37. The number of halogens is 1. The Labute approximate surface area is 141 Å². The molecule has 0 saturated heterocycles. The molecule has 1 atom stereocenters. The van der Waals surface area contributed by atoms with E-state index in [1.54, 1.807) is 19.5 Å². The number of amides is 1. The molecule has 1 aromatic rings. The molecule has 2 aliphatic heterocycles. The van der Waals surface area contributed by atoms with Gasteiger partial charge in [0.15, 0.2) is 0 Å². The highest BCUT2D eigenvalue weighted by Gasteiger charge is 2.23. The number of anilines is 1. The second-order valence-electron chi connectivity index (χ2n) is 4.56. The van der Waals surface area contributed by atoms with Gasteiger partial charge in [-0.15, -0.1) is 0 Å². The maximum Gasteiger partial charge on any atom is 1.52 e. The predicted molar refractivity (Wildman–Crippen MR) is 90.1 cm³/mol. The highest BCUT2D eigenvalue weighted by atomic mass is 79.9. The van der Waals surface area contributed by atoms with Gasteiger partial charge in [-0.2, -0.15) is 5.10 Å². The molecule has 0 bridgehead atoms. The van der Waals surface area contributed by atoms with E-state index in [0.29, 0.717) is 0 Å². The highest BCUT2D eigenvalue weighted by Crippen LogP contribution is 2.26. The molecule has 20 heavy (non-hydrogen) atoms. The third kappa shape index (κ3) is 3.69. The molecule has 4 nitrogen and oxygen atoms in total. The third-order valence-electron chi connectivity index (χ3n) is 3.28. The standard InChI is InChI=1S/C13H15N3OS.BrH.Mg/c1-8-12(15-16-13(17)18-8)10-4-5-11-9(7-10)3-2-6-14-11;;/h4-5,7-8,14H,2-3,6H2,1H3,(H,16,17);1H;/q;;+3/p-1. The molecule has 0 spiro atoms. The summed E-state index contributed by atoms with van der Waals surface area (Å²) in [5.41, 5.74) is 7.17. The van der Waals surface area contributed by atoms with E-state index in [2.05, 4.69) is 46.9 Å². The van der Waals surface area contributed by atoms with Gasteiger partial charge < -0.3 is 5.32 Å². The number of hydrogen-bond acceptors (Lipinski definition) is 4. The highest BCUT2D eigenvalue weighted by molar-refractivity contribution is 9.22. The summed E-state index contributed by atoms with van der Waals surface area (Å²) >= 11 is 5.92. The first-order valence-corrected chi connectivity index (χ1v) is 11.2. The maximum absolute atomic E-state index is 11.2. The predicted octanol–water partition coefficient (Wildman–Crippen LogP) is 3.06. The lowest BCUT2D eigenvalue weighted by Gasteiger charge is -2.22. The molecule has 7 radical (unpaired) electrons. The zero-order valence-corrected chi connectivity index (χ0v) is 15.1. The molecular weight excluding hydrogens is 350 g/mol. The van der Waals surface area contributed by atoms with Gasteiger partial charge in [0.1, 0.15) is 0 Å². The Morgan fingerprint density at radius 2 is 2.25 bits per heavy atom. The van der Waals surface area contributed by atoms with Crippen molar-refractivity contribution in [3.63, 3.8) is 0 Å². The molecule has 0 fully saturated rings. The van der Waals surface area contributed by atoms with Gasteiger partial charge in [0, 0.05) is 12.2 Å². The lowest BCUT2D eigenvalue weighted by molar-refractivity contribution is 0.261. The molecule has 2 heterocycles. The number of carbonyl (C=O) groups is 1. The zero-order chi connectivity index (χ0) is 14.5. The van der Waals surface area contributed by atoms with Crippen molar-refractivity contribution in [2.24, 2.45) is 5.10 Å². The monoisotopic (exact) mass is 364 g/mol. The van der Waals surface area contributed by atoms with Gasteiger partial charge in [0.25, 0.3) is 5.24 Å². The summed E-state index contributed by atoms with van der Waals surface area (Å²) in [6, 6.07) is 6.37. The number of fused-ring (bicyclic) bond motifs is 1. The Bertz CT molecular complexity index is 538. The van der Waals surface area contributed by atoms with Gasteiger partial charge in [-0.1, -0.05) is 17.8 Å². The topological polar surface area (TPSA) is 53.5 Å². The molecule has 2 aliphatic rings. The van der Waals surface area contributed by atoms with Crippen LogP contribution in [0.3, 0.4) is 0 Å². The van der Waals surface area contributed by atoms with Crippen molar-refractivity contribution < 1.29 is 4.79 Å². The van der Waals surface area contributed by atoms with Crippen LogP contribution in [0.1, 0.15) is 24.5 Å². The average molecular weight is 366 g/mol. The summed E-state index contributed by atoms with van der Waals surface area (Å²) in [7, 11) is 0. The van der Waals surface area contributed by atoms with Crippen molar-refractivity contribution in [2.45, 2.75) is 25.0 Å². The Kier molecular flexibility index (Phi) is 6.19. The summed E-state index contributed by atoms with van der Waals surface area (Å²) in [6.07, 6.45) is 2.28. The van der Waals surface area contributed by atoms with Crippen LogP contribution in [0.2, 0.25) is 0 Å². The van der Waals surface area contributed by atoms with Crippen molar-refractivity contribution in [1.82, 2.24) is 5.43 Å². The largest absolute Gasteiger partial charge is 1.52 e. The second kappa shape index (κ2) is 7.68. The first-order chi connectivity index (χ1) is 9.74. The van der Waals surface area contributed by atoms with Gasteiger partial charge >= 0.3 is 32.4 Å². The Hall–Kier alpha value is -0.244. The van der Waals surface area contributed by atoms with Gasteiger partial charge in [-0.05, 0) is 43.0 Å². The summed E-state index contributed by atoms with van der Waals surface area (Å²) in [6.45, 7) is 3.07. The van der Waals surface area contributed by atoms with Crippen LogP contribution in [0, 0.1) is 0 Å². The number of benzene rings is 1. The lowest BCUT2D eigenvalue weighted by Crippen LogP contribution is -2.30. The number of hydrogen-bond donors (Lipinski definition) is 2. The van der Waals surface area contributed by atoms with E-state index in [4.69, 9.17) is 0 Å². The summed E-state index contributed by atoms with van der Waals surface area (Å²) in [5.74, 6) is 0. The molecule has 1 amide bonds. The second-order valence-corrected chi connectivity index (χ2v) is 5.87. The minimum Gasteiger partial charge on any atom is -0.385 e. The molecule has 0 saturated carbocycles. The number of hydrazone groups is 1. The quantitative estimate of drug-likeness (QED) is 0.752. The molecule has 2 N–H and O–H groups in total. The molecule has 7 heteroatoms. The van der Waals surface area contributed by atoms with Crippen molar-refractivity contribution >= 4 is 60.8 Å². The maximum atomic E-state index is 11.2. The summed E-state index contributed by atoms with van der Waals surface area (Å²) in [5, 5.41) is 7.61. The molecule has 0 aromatic heterocycles. The van der Waals surface area contributed by atoms with Gasteiger partial charge in [0.2, 0.25) is 0 Å². The minimum absolute atomic E-state index is 0.0779. The minimum atomic E-state index is -0.0779. The van der Waals surface area contributed by atoms with Crippen LogP contribution in [-0.4, -0.2) is 42.3 Å². The summed E-state index contributed by atoms with van der Waals surface area (Å²) < 4.78 is 0. The lowest BCUT2D eigenvalue weighted by atomic mass is 9.98. The molecule has 1 aromatic carbocycles. The van der Waals surface area contributed by atoms with Crippen molar-refractivity contribution in [3.05, 3.63) is 29.3 Å². The first-order valence-electron chi connectivity index (χ1n) is 6.42. The molecular formula is C13H15BrMgN3OS+2. The van der Waals surface area contributed by atoms with E-state index in [1.165, 1.54) is 29.4 Å². The Morgan fingerprint density at radius 3 is 3.00 bits per heavy atom. The molecule has 101 valence electrons. The zero-order valence-electron chi connectivity index (χ0n) is 11.3. The van der Waals surface area contributed by atoms with Crippen LogP contribution in [0.15, 0.2) is 23.3 Å². The fraction of sp³-hybridized carbons (Fsp3) is 0.385. The third-order valence-corrected chi connectivity index (χ3v) is 4.16. The van der Waals surface area contributed by atoms with E-state index in [9.17, 15) is 4.79 Å². The molecule has 1 unspecified atom stereocenters. The van der Waals surface area contributed by atoms with Gasteiger partial charge in [0.05, 0.1) is 11.0 Å². The van der Waals surface area contributed by atoms with Crippen LogP contribution in [-0.2, 0) is 6.42 Å². The molecule has 3 rings (SSSR count). The van der Waals surface area contributed by atoms with Crippen LogP contribution < -0.4 is 10.7 Å². The van der Waals surface area contributed by atoms with E-state index >= 15 is 0 Å².